The lowest BCUT2D eigenvalue weighted by Gasteiger charge is -2.33. The Morgan fingerprint density at radius 1 is 1.21 bits per heavy atom. The van der Waals surface area contributed by atoms with Crippen molar-refractivity contribution < 1.29 is 0 Å². The van der Waals surface area contributed by atoms with Crippen LogP contribution in [-0.2, 0) is 6.54 Å². The summed E-state index contributed by atoms with van der Waals surface area (Å²) in [5.41, 5.74) is 0.872. The van der Waals surface area contributed by atoms with Gasteiger partial charge in [-0.2, -0.15) is 0 Å². The lowest BCUT2D eigenvalue weighted by Crippen LogP contribution is -2.38. The highest BCUT2D eigenvalue weighted by atomic mass is 79.9. The van der Waals surface area contributed by atoms with Gasteiger partial charge in [-0.15, -0.1) is 0 Å². The van der Waals surface area contributed by atoms with Crippen molar-refractivity contribution in [2.75, 3.05) is 33.2 Å². The second-order valence-electron chi connectivity index (χ2n) is 8.02. The van der Waals surface area contributed by atoms with Gasteiger partial charge in [0.1, 0.15) is 5.82 Å². The zero-order valence-electron chi connectivity index (χ0n) is 17.6. The van der Waals surface area contributed by atoms with Crippen molar-refractivity contribution >= 4 is 26.8 Å². The minimum absolute atomic E-state index is 0.0730. The quantitative estimate of drug-likeness (QED) is 0.660. The number of hydrogen-bond acceptors (Lipinski definition) is 4. The summed E-state index contributed by atoms with van der Waals surface area (Å²) >= 11 is 3.49. The van der Waals surface area contributed by atoms with Gasteiger partial charge in [-0.25, -0.2) is 4.98 Å². The molecule has 1 aromatic heterocycles. The monoisotopic (exact) mass is 448 g/mol. The molecule has 0 bridgehead atoms. The number of nitrogens with zero attached hydrogens (tertiary/aromatic N) is 4. The molecule has 0 amide bonds. The van der Waals surface area contributed by atoms with Gasteiger partial charge in [-0.3, -0.25) is 14.3 Å². The van der Waals surface area contributed by atoms with Crippen LogP contribution in [-0.4, -0.2) is 52.6 Å². The van der Waals surface area contributed by atoms with E-state index < -0.39 is 0 Å². The highest BCUT2D eigenvalue weighted by Gasteiger charge is 2.29. The molecule has 2 heterocycles. The van der Waals surface area contributed by atoms with Crippen LogP contribution in [0, 0.1) is 5.92 Å². The van der Waals surface area contributed by atoms with Gasteiger partial charge in [0.2, 0.25) is 0 Å². The number of halogens is 1. The minimum Gasteiger partial charge on any atom is -0.305 e. The topological polar surface area (TPSA) is 41.4 Å². The summed E-state index contributed by atoms with van der Waals surface area (Å²) in [6, 6.07) is 6.01. The molecule has 0 N–H and O–H groups in total. The van der Waals surface area contributed by atoms with Crippen molar-refractivity contribution in [3.05, 3.63) is 38.9 Å². The average molecular weight is 449 g/mol. The molecule has 1 aromatic carbocycles. The van der Waals surface area contributed by atoms with Crippen molar-refractivity contribution in [2.45, 2.75) is 52.6 Å². The van der Waals surface area contributed by atoms with E-state index >= 15 is 0 Å². The maximum atomic E-state index is 13.2. The molecule has 0 spiro atoms. The first-order chi connectivity index (χ1) is 13.5. The third-order valence-electron chi connectivity index (χ3n) is 5.97. The number of likely N-dealkylation sites (N-methyl/N-ethyl adjacent to an activating group) is 1. The molecular weight excluding hydrogens is 416 g/mol. The lowest BCUT2D eigenvalue weighted by molar-refractivity contribution is 0.163. The fourth-order valence-electron chi connectivity index (χ4n) is 4.37. The lowest BCUT2D eigenvalue weighted by atomic mass is 10.0. The van der Waals surface area contributed by atoms with Crippen LogP contribution in [0.1, 0.15) is 51.9 Å². The van der Waals surface area contributed by atoms with Gasteiger partial charge in [-0.1, -0.05) is 42.6 Å². The zero-order valence-corrected chi connectivity index (χ0v) is 19.2. The number of fused-ring (bicyclic) bond motifs is 1. The Morgan fingerprint density at radius 2 is 2.00 bits per heavy atom. The van der Waals surface area contributed by atoms with Gasteiger partial charge in [0, 0.05) is 37.2 Å². The first-order valence-electron chi connectivity index (χ1n) is 10.6. The van der Waals surface area contributed by atoms with Crippen LogP contribution in [0.15, 0.2) is 27.5 Å². The van der Waals surface area contributed by atoms with Gasteiger partial charge < -0.3 is 4.90 Å². The van der Waals surface area contributed by atoms with Crippen molar-refractivity contribution in [1.29, 1.82) is 0 Å². The van der Waals surface area contributed by atoms with E-state index in [1.165, 1.54) is 6.42 Å². The predicted octanol–water partition coefficient (Wildman–Crippen LogP) is 4.29. The maximum Gasteiger partial charge on any atom is 0.261 e. The van der Waals surface area contributed by atoms with Crippen LogP contribution >= 0.6 is 15.9 Å². The zero-order chi connectivity index (χ0) is 20.3. The van der Waals surface area contributed by atoms with E-state index in [1.807, 2.05) is 29.7 Å². The summed E-state index contributed by atoms with van der Waals surface area (Å²) in [6.45, 7) is 11.5. The Bertz CT molecular complexity index is 865. The third-order valence-corrected chi connectivity index (χ3v) is 6.46. The van der Waals surface area contributed by atoms with Gasteiger partial charge in [-0.05, 0) is 44.5 Å². The standard InChI is InChI=1S/C22H33BrN4O/c1-5-8-20(26-12-11-25(4)14-16(6-2)15-26)21-24-19-10-9-17(23)13-18(19)22(28)27(21)7-3/h9-10,13,16,20H,5-8,11-12,14-15H2,1-4H3/t16-,20-/m1/s1. The van der Waals surface area contributed by atoms with Crippen LogP contribution in [0.5, 0.6) is 0 Å². The normalized spacial score (nSPS) is 20.4. The summed E-state index contributed by atoms with van der Waals surface area (Å²) in [6.07, 6.45) is 3.28. The molecule has 1 aliphatic heterocycles. The molecular formula is C22H33BrN4O. The number of benzene rings is 1. The summed E-state index contributed by atoms with van der Waals surface area (Å²) in [5, 5.41) is 0.692. The molecule has 1 aliphatic rings. The van der Waals surface area contributed by atoms with Crippen LogP contribution in [0.2, 0.25) is 0 Å². The summed E-state index contributed by atoms with van der Waals surface area (Å²) < 4.78 is 2.81. The molecule has 2 atom stereocenters. The van der Waals surface area contributed by atoms with E-state index in [0.29, 0.717) is 17.8 Å². The Morgan fingerprint density at radius 3 is 2.68 bits per heavy atom. The van der Waals surface area contributed by atoms with Crippen molar-refractivity contribution in [1.82, 2.24) is 19.4 Å². The molecule has 0 aliphatic carbocycles. The molecule has 6 heteroatoms. The minimum atomic E-state index is 0.0730. The van der Waals surface area contributed by atoms with Crippen molar-refractivity contribution in [2.24, 2.45) is 5.92 Å². The molecule has 0 saturated carbocycles. The molecule has 2 aromatic rings. The van der Waals surface area contributed by atoms with Crippen LogP contribution in [0.25, 0.3) is 10.9 Å². The van der Waals surface area contributed by atoms with E-state index in [1.54, 1.807) is 0 Å². The first-order valence-corrected chi connectivity index (χ1v) is 11.4. The Hall–Kier alpha value is -1.24. The first kappa shape index (κ1) is 21.5. The van der Waals surface area contributed by atoms with Gasteiger partial charge >= 0.3 is 0 Å². The summed E-state index contributed by atoms with van der Waals surface area (Å²) in [5.74, 6) is 1.59. The molecule has 1 fully saturated rings. The number of hydrogen-bond donors (Lipinski definition) is 0. The molecule has 0 radical (unpaired) electrons. The largest absolute Gasteiger partial charge is 0.305 e. The van der Waals surface area contributed by atoms with Gasteiger partial charge in [0.05, 0.1) is 16.9 Å². The fraction of sp³-hybridized carbons (Fsp3) is 0.636. The van der Waals surface area contributed by atoms with E-state index in [2.05, 4.69) is 46.6 Å². The van der Waals surface area contributed by atoms with E-state index in [9.17, 15) is 4.79 Å². The van der Waals surface area contributed by atoms with Crippen molar-refractivity contribution in [3.8, 4) is 0 Å². The molecule has 154 valence electrons. The van der Waals surface area contributed by atoms with E-state index in [-0.39, 0.29) is 11.6 Å². The second kappa shape index (κ2) is 9.51. The highest BCUT2D eigenvalue weighted by molar-refractivity contribution is 9.10. The SMILES string of the molecule is CCC[C@H](c1nc2ccc(Br)cc2c(=O)n1CC)N1CCN(C)C[C@@H](CC)C1. The number of rotatable bonds is 6. The van der Waals surface area contributed by atoms with Crippen LogP contribution in [0.4, 0.5) is 0 Å². The molecule has 5 nitrogen and oxygen atoms in total. The highest BCUT2D eigenvalue weighted by Crippen LogP contribution is 2.28. The fourth-order valence-corrected chi connectivity index (χ4v) is 4.73. The molecule has 1 saturated heterocycles. The maximum absolute atomic E-state index is 13.2. The molecule has 0 unspecified atom stereocenters. The van der Waals surface area contributed by atoms with Gasteiger partial charge in [0.25, 0.3) is 5.56 Å². The Kier molecular flexibility index (Phi) is 7.29. The Balaban J connectivity index is 2.09. The van der Waals surface area contributed by atoms with Crippen LogP contribution in [0.3, 0.4) is 0 Å². The summed E-state index contributed by atoms with van der Waals surface area (Å²) in [4.78, 5) is 23.3. The average Bonchev–Trinajstić information content (AvgIpc) is 2.88. The molecule has 28 heavy (non-hydrogen) atoms. The second-order valence-corrected chi connectivity index (χ2v) is 8.93. The number of aromatic nitrogens is 2. The molecule has 3 rings (SSSR count). The van der Waals surface area contributed by atoms with Crippen molar-refractivity contribution in [3.63, 3.8) is 0 Å². The predicted molar refractivity (Wildman–Crippen MR) is 120 cm³/mol. The Labute approximate surface area is 176 Å². The smallest absolute Gasteiger partial charge is 0.261 e. The van der Waals surface area contributed by atoms with Gasteiger partial charge in [0.15, 0.2) is 0 Å². The van der Waals surface area contributed by atoms with E-state index in [0.717, 1.165) is 54.8 Å². The summed E-state index contributed by atoms with van der Waals surface area (Å²) in [7, 11) is 2.22. The van der Waals surface area contributed by atoms with Crippen LogP contribution < -0.4 is 5.56 Å². The third kappa shape index (κ3) is 4.50. The van der Waals surface area contributed by atoms with E-state index in [4.69, 9.17) is 4.98 Å².